The SMILES string of the molecule is Oc1cc2c3c(cc4cccc5ccc1c3c54)-c1ccccc1-2. The zero-order valence-electron chi connectivity index (χ0n) is 12.3. The largest absolute Gasteiger partial charge is 0.507 e. The highest BCUT2D eigenvalue weighted by atomic mass is 16.3. The van der Waals surface area contributed by atoms with Crippen LogP contribution in [0.1, 0.15) is 0 Å². The Morgan fingerprint density at radius 1 is 0.522 bits per heavy atom. The van der Waals surface area contributed by atoms with Crippen molar-refractivity contribution < 1.29 is 5.11 Å². The molecule has 5 aromatic carbocycles. The van der Waals surface area contributed by atoms with Gasteiger partial charge >= 0.3 is 0 Å². The third kappa shape index (κ3) is 1.21. The molecule has 0 aromatic heterocycles. The first-order valence-corrected chi connectivity index (χ1v) is 7.86. The lowest BCUT2D eigenvalue weighted by molar-refractivity contribution is 0.482. The number of hydrogen-bond acceptors (Lipinski definition) is 1. The fourth-order valence-electron chi connectivity index (χ4n) is 4.31. The van der Waals surface area contributed by atoms with Crippen LogP contribution in [-0.4, -0.2) is 5.11 Å². The predicted molar refractivity (Wildman–Crippen MR) is 96.2 cm³/mol. The van der Waals surface area contributed by atoms with Crippen LogP contribution in [0.25, 0.3) is 54.6 Å². The number of aromatic hydroxyl groups is 1. The van der Waals surface area contributed by atoms with Gasteiger partial charge in [-0.25, -0.2) is 0 Å². The average Bonchev–Trinajstić information content (AvgIpc) is 2.90. The molecule has 1 N–H and O–H groups in total. The van der Waals surface area contributed by atoms with E-state index >= 15 is 0 Å². The lowest BCUT2D eigenvalue weighted by atomic mass is 9.90. The molecule has 1 aliphatic carbocycles. The van der Waals surface area contributed by atoms with Crippen LogP contribution in [0, 0.1) is 0 Å². The number of phenolic OH excluding ortho intramolecular Hbond substituents is 1. The van der Waals surface area contributed by atoms with Gasteiger partial charge in [0.2, 0.25) is 0 Å². The summed E-state index contributed by atoms with van der Waals surface area (Å²) in [6, 6.07) is 23.3. The van der Waals surface area contributed by atoms with Crippen LogP contribution >= 0.6 is 0 Å². The fraction of sp³-hybridized carbons (Fsp3) is 0. The van der Waals surface area contributed by atoms with Gasteiger partial charge in [-0.3, -0.25) is 0 Å². The Bertz CT molecular complexity index is 1260. The van der Waals surface area contributed by atoms with E-state index < -0.39 is 0 Å². The molecular formula is C22H12O. The third-order valence-corrected chi connectivity index (χ3v) is 5.23. The van der Waals surface area contributed by atoms with E-state index in [1.165, 1.54) is 43.6 Å². The first-order valence-electron chi connectivity index (χ1n) is 7.86. The summed E-state index contributed by atoms with van der Waals surface area (Å²) in [5.41, 5.74) is 4.92. The monoisotopic (exact) mass is 292 g/mol. The van der Waals surface area contributed by atoms with Crippen molar-refractivity contribution in [3.8, 4) is 28.0 Å². The Labute approximate surface area is 132 Å². The van der Waals surface area contributed by atoms with E-state index in [1.54, 1.807) is 0 Å². The summed E-state index contributed by atoms with van der Waals surface area (Å²) >= 11 is 0. The standard InChI is InChI=1S/C22H12O/c23-19-11-18-15-7-2-1-6-14(15)17-10-13-5-3-4-12-8-9-16(19)22(20(12)13)21(17)18/h1-11,23H. The van der Waals surface area contributed by atoms with Gasteiger partial charge in [-0.1, -0.05) is 54.6 Å². The molecule has 0 unspecified atom stereocenters. The molecular weight excluding hydrogens is 280 g/mol. The molecule has 1 aliphatic rings. The summed E-state index contributed by atoms with van der Waals surface area (Å²) in [7, 11) is 0. The van der Waals surface area contributed by atoms with Crippen LogP contribution in [0.2, 0.25) is 0 Å². The van der Waals surface area contributed by atoms with E-state index in [0.29, 0.717) is 5.75 Å². The van der Waals surface area contributed by atoms with Crippen molar-refractivity contribution >= 4 is 32.3 Å². The van der Waals surface area contributed by atoms with Gasteiger partial charge in [-0.2, -0.15) is 0 Å². The summed E-state index contributed by atoms with van der Waals surface area (Å²) in [5.74, 6) is 0.369. The Morgan fingerprint density at radius 3 is 2.09 bits per heavy atom. The Balaban J connectivity index is 2.04. The number of fused-ring (bicyclic) bond motifs is 3. The van der Waals surface area contributed by atoms with Crippen molar-refractivity contribution in [3.05, 3.63) is 66.7 Å². The Hall–Kier alpha value is -3.06. The van der Waals surface area contributed by atoms with Gasteiger partial charge < -0.3 is 5.11 Å². The molecule has 0 fully saturated rings. The first-order chi connectivity index (χ1) is 11.3. The van der Waals surface area contributed by atoms with Gasteiger partial charge in [0, 0.05) is 10.8 Å². The molecule has 0 radical (unpaired) electrons. The van der Waals surface area contributed by atoms with Gasteiger partial charge in [0.05, 0.1) is 0 Å². The molecule has 0 saturated carbocycles. The predicted octanol–water partition coefficient (Wildman–Crippen LogP) is 5.94. The van der Waals surface area contributed by atoms with Crippen LogP contribution in [0.5, 0.6) is 5.75 Å². The molecule has 23 heavy (non-hydrogen) atoms. The summed E-state index contributed by atoms with van der Waals surface area (Å²) in [6.45, 7) is 0. The van der Waals surface area contributed by atoms with Crippen LogP contribution in [0.4, 0.5) is 0 Å². The van der Waals surface area contributed by atoms with E-state index in [4.69, 9.17) is 0 Å². The normalized spacial score (nSPS) is 12.5. The maximum atomic E-state index is 10.6. The topological polar surface area (TPSA) is 20.2 Å². The fourth-order valence-corrected chi connectivity index (χ4v) is 4.31. The average molecular weight is 292 g/mol. The second-order valence-electron chi connectivity index (χ2n) is 6.36. The Morgan fingerprint density at radius 2 is 1.26 bits per heavy atom. The van der Waals surface area contributed by atoms with Gasteiger partial charge in [0.1, 0.15) is 5.75 Å². The molecule has 0 atom stereocenters. The van der Waals surface area contributed by atoms with E-state index in [9.17, 15) is 5.11 Å². The lowest BCUT2D eigenvalue weighted by Gasteiger charge is -2.13. The van der Waals surface area contributed by atoms with Gasteiger partial charge in [0.15, 0.2) is 0 Å². The summed E-state index contributed by atoms with van der Waals surface area (Å²) in [4.78, 5) is 0. The smallest absolute Gasteiger partial charge is 0.124 e. The van der Waals surface area contributed by atoms with E-state index in [1.807, 2.05) is 12.1 Å². The molecule has 1 nitrogen and oxygen atoms in total. The van der Waals surface area contributed by atoms with Crippen LogP contribution in [-0.2, 0) is 0 Å². The minimum atomic E-state index is 0.369. The van der Waals surface area contributed by atoms with Gasteiger partial charge in [0.25, 0.3) is 0 Å². The number of benzene rings is 5. The minimum Gasteiger partial charge on any atom is -0.507 e. The highest BCUT2D eigenvalue weighted by Gasteiger charge is 2.25. The zero-order valence-corrected chi connectivity index (χ0v) is 12.3. The molecule has 0 saturated heterocycles. The van der Waals surface area contributed by atoms with Gasteiger partial charge in [-0.15, -0.1) is 0 Å². The van der Waals surface area contributed by atoms with Crippen molar-refractivity contribution in [3.63, 3.8) is 0 Å². The lowest BCUT2D eigenvalue weighted by Crippen LogP contribution is -1.86. The third-order valence-electron chi connectivity index (χ3n) is 5.23. The zero-order chi connectivity index (χ0) is 15.1. The highest BCUT2D eigenvalue weighted by Crippen LogP contribution is 2.53. The summed E-state index contributed by atoms with van der Waals surface area (Å²) < 4.78 is 0. The molecule has 0 aliphatic heterocycles. The maximum Gasteiger partial charge on any atom is 0.124 e. The van der Waals surface area contributed by atoms with Crippen LogP contribution < -0.4 is 0 Å². The molecule has 0 spiro atoms. The highest BCUT2D eigenvalue weighted by molar-refractivity contribution is 6.32. The van der Waals surface area contributed by atoms with Crippen LogP contribution in [0.15, 0.2) is 66.7 Å². The number of phenols is 1. The second-order valence-corrected chi connectivity index (χ2v) is 6.36. The molecule has 5 aromatic rings. The molecule has 6 rings (SSSR count). The summed E-state index contributed by atoms with van der Waals surface area (Å²) in [5, 5.41) is 17.8. The minimum absolute atomic E-state index is 0.369. The van der Waals surface area contributed by atoms with Gasteiger partial charge in [-0.05, 0) is 55.9 Å². The summed E-state index contributed by atoms with van der Waals surface area (Å²) in [6.07, 6.45) is 0. The molecule has 106 valence electrons. The number of rotatable bonds is 0. The van der Waals surface area contributed by atoms with Crippen molar-refractivity contribution in [1.29, 1.82) is 0 Å². The van der Waals surface area contributed by atoms with Crippen LogP contribution in [0.3, 0.4) is 0 Å². The molecule has 0 amide bonds. The molecule has 0 heterocycles. The number of hydrogen-bond donors (Lipinski definition) is 1. The Kier molecular flexibility index (Phi) is 1.82. The molecule has 1 heteroatoms. The second kappa shape index (κ2) is 3.64. The maximum absolute atomic E-state index is 10.6. The van der Waals surface area contributed by atoms with Crippen molar-refractivity contribution in [2.24, 2.45) is 0 Å². The van der Waals surface area contributed by atoms with E-state index in [2.05, 4.69) is 54.6 Å². The van der Waals surface area contributed by atoms with E-state index in [0.717, 1.165) is 10.9 Å². The van der Waals surface area contributed by atoms with E-state index in [-0.39, 0.29) is 0 Å². The van der Waals surface area contributed by atoms with Crippen molar-refractivity contribution in [1.82, 2.24) is 0 Å². The van der Waals surface area contributed by atoms with Crippen molar-refractivity contribution in [2.75, 3.05) is 0 Å². The van der Waals surface area contributed by atoms with Crippen molar-refractivity contribution in [2.45, 2.75) is 0 Å². The first kappa shape index (κ1) is 11.5. The quantitative estimate of drug-likeness (QED) is 0.344. The molecule has 0 bridgehead atoms.